The van der Waals surface area contributed by atoms with Crippen LogP contribution in [0.25, 0.3) is 0 Å². The Kier molecular flexibility index (Phi) is 9.87. The van der Waals surface area contributed by atoms with Crippen LogP contribution in [0.15, 0.2) is 17.5 Å². The lowest BCUT2D eigenvalue weighted by Crippen LogP contribution is -2.33. The topological polar surface area (TPSA) is 61.7 Å². The molecular formula is C15H27NO3S. The summed E-state index contributed by atoms with van der Waals surface area (Å²) in [5.41, 5.74) is 0. The first kappa shape index (κ1) is 17.6. The van der Waals surface area contributed by atoms with Gasteiger partial charge in [0.05, 0.1) is 19.3 Å². The Bertz CT molecular complexity index is 313. The van der Waals surface area contributed by atoms with Crippen LogP contribution in [0.5, 0.6) is 0 Å². The molecule has 0 aliphatic rings. The molecule has 1 rings (SSSR count). The number of rotatable bonds is 12. The second kappa shape index (κ2) is 11.2. The van der Waals surface area contributed by atoms with Gasteiger partial charge in [0, 0.05) is 18.0 Å². The second-order valence-corrected chi connectivity index (χ2v) is 6.11. The quantitative estimate of drug-likeness (QED) is 0.553. The molecule has 0 saturated heterocycles. The molecular weight excluding hydrogens is 274 g/mol. The summed E-state index contributed by atoms with van der Waals surface area (Å²) in [7, 11) is 0. The van der Waals surface area contributed by atoms with Gasteiger partial charge in [-0.2, -0.15) is 0 Å². The van der Waals surface area contributed by atoms with Crippen LogP contribution in [0.4, 0.5) is 0 Å². The maximum absolute atomic E-state index is 9.82. The number of aliphatic hydroxyl groups excluding tert-OH is 2. The third-order valence-corrected chi connectivity index (χ3v) is 4.03. The van der Waals surface area contributed by atoms with Crippen LogP contribution >= 0.6 is 11.3 Å². The largest absolute Gasteiger partial charge is 0.396 e. The predicted molar refractivity (Wildman–Crippen MR) is 83.0 cm³/mol. The fourth-order valence-electron chi connectivity index (χ4n) is 2.14. The zero-order valence-electron chi connectivity index (χ0n) is 12.3. The van der Waals surface area contributed by atoms with Crippen molar-refractivity contribution < 1.29 is 14.9 Å². The lowest BCUT2D eigenvalue weighted by atomic mass is 10.0. The highest BCUT2D eigenvalue weighted by molar-refractivity contribution is 7.09. The van der Waals surface area contributed by atoms with Gasteiger partial charge in [0.15, 0.2) is 0 Å². The number of hydrogen-bond acceptors (Lipinski definition) is 5. The molecule has 0 aliphatic heterocycles. The molecule has 116 valence electrons. The lowest BCUT2D eigenvalue weighted by molar-refractivity contribution is 0.0293. The van der Waals surface area contributed by atoms with Gasteiger partial charge in [-0.25, -0.2) is 0 Å². The van der Waals surface area contributed by atoms with Crippen LogP contribution in [-0.2, 0) is 11.3 Å². The van der Waals surface area contributed by atoms with Crippen molar-refractivity contribution >= 4 is 11.3 Å². The molecule has 0 radical (unpaired) electrons. The first-order valence-corrected chi connectivity index (χ1v) is 8.24. The van der Waals surface area contributed by atoms with E-state index in [1.54, 1.807) is 11.3 Å². The van der Waals surface area contributed by atoms with E-state index >= 15 is 0 Å². The molecule has 20 heavy (non-hydrogen) atoms. The molecule has 0 aromatic carbocycles. The van der Waals surface area contributed by atoms with E-state index in [0.717, 1.165) is 25.8 Å². The summed E-state index contributed by atoms with van der Waals surface area (Å²) in [6.07, 6.45) is 2.58. The zero-order valence-corrected chi connectivity index (χ0v) is 13.1. The summed E-state index contributed by atoms with van der Waals surface area (Å²) in [6.45, 7) is 4.68. The van der Waals surface area contributed by atoms with Gasteiger partial charge < -0.3 is 20.3 Å². The highest BCUT2D eigenvalue weighted by atomic mass is 32.1. The molecule has 0 saturated carbocycles. The van der Waals surface area contributed by atoms with Crippen molar-refractivity contribution in [1.82, 2.24) is 5.32 Å². The van der Waals surface area contributed by atoms with Crippen LogP contribution in [0, 0.1) is 5.92 Å². The van der Waals surface area contributed by atoms with Crippen molar-refractivity contribution in [3.63, 3.8) is 0 Å². The molecule has 1 heterocycles. The van der Waals surface area contributed by atoms with E-state index in [2.05, 4.69) is 12.2 Å². The number of aliphatic hydroxyl groups is 2. The minimum absolute atomic E-state index is 0.235. The molecule has 0 bridgehead atoms. The van der Waals surface area contributed by atoms with Gasteiger partial charge in [0.1, 0.15) is 0 Å². The number of nitrogens with one attached hydrogen (secondary N) is 1. The minimum Gasteiger partial charge on any atom is -0.396 e. The number of hydrogen-bond donors (Lipinski definition) is 3. The molecule has 1 aromatic rings. The Labute approximate surface area is 125 Å². The molecule has 0 fully saturated rings. The Morgan fingerprint density at radius 3 is 2.85 bits per heavy atom. The Morgan fingerprint density at radius 2 is 2.20 bits per heavy atom. The van der Waals surface area contributed by atoms with E-state index in [1.807, 2.05) is 17.5 Å². The van der Waals surface area contributed by atoms with Crippen molar-refractivity contribution in [3.05, 3.63) is 22.4 Å². The smallest absolute Gasteiger partial charge is 0.0897 e. The van der Waals surface area contributed by atoms with Gasteiger partial charge in [0.2, 0.25) is 0 Å². The van der Waals surface area contributed by atoms with Crippen molar-refractivity contribution in [2.24, 2.45) is 5.92 Å². The summed E-state index contributed by atoms with van der Waals surface area (Å²) in [6, 6.07) is 4.02. The normalized spacial score (nSPS) is 14.3. The van der Waals surface area contributed by atoms with Crippen LogP contribution in [-0.4, -0.2) is 42.6 Å². The average Bonchev–Trinajstić information content (AvgIpc) is 2.92. The Morgan fingerprint density at radius 1 is 1.35 bits per heavy atom. The van der Waals surface area contributed by atoms with Crippen LogP contribution in [0.1, 0.15) is 31.1 Å². The van der Waals surface area contributed by atoms with E-state index in [4.69, 9.17) is 9.84 Å². The van der Waals surface area contributed by atoms with Gasteiger partial charge >= 0.3 is 0 Å². The van der Waals surface area contributed by atoms with Gasteiger partial charge in [-0.3, -0.25) is 0 Å². The third-order valence-electron chi connectivity index (χ3n) is 3.18. The van der Waals surface area contributed by atoms with Crippen molar-refractivity contribution in [3.8, 4) is 0 Å². The first-order valence-electron chi connectivity index (χ1n) is 7.36. The van der Waals surface area contributed by atoms with E-state index < -0.39 is 6.10 Å². The predicted octanol–water partition coefficient (Wildman–Crippen LogP) is 2.01. The summed E-state index contributed by atoms with van der Waals surface area (Å²) in [5.74, 6) is 0.490. The summed E-state index contributed by atoms with van der Waals surface area (Å²) in [4.78, 5) is 1.18. The minimum atomic E-state index is -0.480. The zero-order chi connectivity index (χ0) is 14.6. The standard InChI is InChI=1S/C15H27NO3S/c1-2-4-13(6-7-17)9-16-10-14(18)11-19-12-15-5-3-8-20-15/h3,5,8,13-14,16-18H,2,4,6-7,9-12H2,1H3. The maximum Gasteiger partial charge on any atom is 0.0897 e. The molecule has 2 unspecified atom stereocenters. The van der Waals surface area contributed by atoms with Crippen molar-refractivity contribution in [2.45, 2.75) is 38.9 Å². The molecule has 0 amide bonds. The van der Waals surface area contributed by atoms with Gasteiger partial charge in [-0.1, -0.05) is 19.4 Å². The van der Waals surface area contributed by atoms with Crippen LogP contribution < -0.4 is 5.32 Å². The Hall–Kier alpha value is -0.460. The molecule has 0 spiro atoms. The molecule has 4 nitrogen and oxygen atoms in total. The van der Waals surface area contributed by atoms with E-state index in [0.29, 0.717) is 25.7 Å². The monoisotopic (exact) mass is 301 g/mol. The fourth-order valence-corrected chi connectivity index (χ4v) is 2.78. The summed E-state index contributed by atoms with van der Waals surface area (Å²) >= 11 is 1.66. The Balaban J connectivity index is 2.05. The third kappa shape index (κ3) is 7.97. The molecule has 0 aliphatic carbocycles. The molecule has 2 atom stereocenters. The highest BCUT2D eigenvalue weighted by Gasteiger charge is 2.09. The first-order chi connectivity index (χ1) is 9.76. The van der Waals surface area contributed by atoms with E-state index in [-0.39, 0.29) is 6.61 Å². The average molecular weight is 301 g/mol. The lowest BCUT2D eigenvalue weighted by Gasteiger charge is -2.17. The van der Waals surface area contributed by atoms with E-state index in [9.17, 15) is 5.11 Å². The van der Waals surface area contributed by atoms with E-state index in [1.165, 1.54) is 4.88 Å². The number of thiophene rings is 1. The van der Waals surface area contributed by atoms with Gasteiger partial charge in [-0.05, 0) is 36.8 Å². The molecule has 1 aromatic heterocycles. The SMILES string of the molecule is CCCC(CCO)CNCC(O)COCc1cccs1. The maximum atomic E-state index is 9.82. The molecule has 5 heteroatoms. The van der Waals surface area contributed by atoms with Crippen molar-refractivity contribution in [1.29, 1.82) is 0 Å². The second-order valence-electron chi connectivity index (χ2n) is 5.07. The highest BCUT2D eigenvalue weighted by Crippen LogP contribution is 2.10. The fraction of sp³-hybridized carbons (Fsp3) is 0.733. The van der Waals surface area contributed by atoms with Gasteiger partial charge in [-0.15, -0.1) is 11.3 Å². The van der Waals surface area contributed by atoms with Crippen LogP contribution in [0.2, 0.25) is 0 Å². The summed E-state index contributed by atoms with van der Waals surface area (Å²) in [5, 5.41) is 24.1. The molecule has 3 N–H and O–H groups in total. The summed E-state index contributed by atoms with van der Waals surface area (Å²) < 4.78 is 5.47. The number of ether oxygens (including phenoxy) is 1. The van der Waals surface area contributed by atoms with Crippen LogP contribution in [0.3, 0.4) is 0 Å². The van der Waals surface area contributed by atoms with Crippen molar-refractivity contribution in [2.75, 3.05) is 26.3 Å². The van der Waals surface area contributed by atoms with Gasteiger partial charge in [0.25, 0.3) is 0 Å².